The first-order valence-electron chi connectivity index (χ1n) is 11.7. The van der Waals surface area contributed by atoms with Gasteiger partial charge in [-0.3, -0.25) is 14.8 Å². The van der Waals surface area contributed by atoms with Crippen LogP contribution in [0.25, 0.3) is 22.3 Å². The molecule has 0 bridgehead atoms. The van der Waals surface area contributed by atoms with Crippen molar-refractivity contribution in [3.8, 4) is 0 Å². The number of piperazine rings is 1. The molecule has 7 nitrogen and oxygen atoms in total. The van der Waals surface area contributed by atoms with Gasteiger partial charge in [0.25, 0.3) is 0 Å². The number of aromatic nitrogens is 2. The highest BCUT2D eigenvalue weighted by atomic mass is 35.5. The molecular weight excluding hydrogens is 446 g/mol. The van der Waals surface area contributed by atoms with Gasteiger partial charge in [0.05, 0.1) is 28.6 Å². The fourth-order valence-corrected chi connectivity index (χ4v) is 4.41. The number of hydrogen-bond acceptors (Lipinski definition) is 7. The summed E-state index contributed by atoms with van der Waals surface area (Å²) in [6.07, 6.45) is 3.08. The van der Waals surface area contributed by atoms with Crippen molar-refractivity contribution in [1.82, 2.24) is 19.8 Å². The molecule has 4 rings (SSSR count). The smallest absolute Gasteiger partial charge is 0.0914 e. The minimum absolute atomic E-state index is 0.462. The van der Waals surface area contributed by atoms with Gasteiger partial charge in [0, 0.05) is 67.8 Å². The second-order valence-electron chi connectivity index (χ2n) is 8.84. The van der Waals surface area contributed by atoms with Gasteiger partial charge in [-0.05, 0) is 49.7 Å². The first-order valence-corrected chi connectivity index (χ1v) is 12.1. The van der Waals surface area contributed by atoms with Gasteiger partial charge in [0.15, 0.2) is 0 Å². The lowest BCUT2D eigenvalue weighted by Crippen LogP contribution is -2.49. The van der Waals surface area contributed by atoms with E-state index in [4.69, 9.17) is 27.7 Å². The molecule has 8 heteroatoms. The summed E-state index contributed by atoms with van der Waals surface area (Å²) in [5.41, 5.74) is 11.3. The van der Waals surface area contributed by atoms with Crippen molar-refractivity contribution in [3.05, 3.63) is 64.9 Å². The van der Waals surface area contributed by atoms with Crippen molar-refractivity contribution in [1.29, 1.82) is 5.41 Å². The summed E-state index contributed by atoms with van der Waals surface area (Å²) in [5, 5.41) is 12.0. The molecule has 0 aliphatic carbocycles. The normalized spacial score (nSPS) is 16.0. The summed E-state index contributed by atoms with van der Waals surface area (Å²) in [7, 11) is 0. The van der Waals surface area contributed by atoms with Crippen LogP contribution in [0.1, 0.15) is 25.1 Å². The van der Waals surface area contributed by atoms with Gasteiger partial charge >= 0.3 is 0 Å². The van der Waals surface area contributed by atoms with E-state index in [1.165, 1.54) is 6.21 Å². The monoisotopic (exact) mass is 477 g/mol. The lowest BCUT2D eigenvalue weighted by atomic mass is 10.0. The predicted octanol–water partition coefficient (Wildman–Crippen LogP) is 4.20. The Morgan fingerprint density at radius 1 is 1.15 bits per heavy atom. The van der Waals surface area contributed by atoms with Crippen LogP contribution in [-0.4, -0.2) is 71.3 Å². The number of hydrogen-bond donors (Lipinski definition) is 3. The number of nitrogens with zero attached hydrogens (tertiary/aromatic N) is 4. The summed E-state index contributed by atoms with van der Waals surface area (Å²) >= 11 is 6.12. The zero-order valence-corrected chi connectivity index (χ0v) is 20.5. The van der Waals surface area contributed by atoms with Crippen molar-refractivity contribution in [2.24, 2.45) is 5.73 Å². The second kappa shape index (κ2) is 11.0. The van der Waals surface area contributed by atoms with E-state index in [1.54, 1.807) is 12.1 Å². The van der Waals surface area contributed by atoms with Crippen LogP contribution < -0.4 is 11.1 Å². The Bertz CT molecular complexity index is 1180. The Morgan fingerprint density at radius 3 is 2.65 bits per heavy atom. The molecular formula is C26H32ClN7. The second-order valence-corrected chi connectivity index (χ2v) is 9.28. The highest BCUT2D eigenvalue weighted by molar-refractivity contribution is 6.30. The van der Waals surface area contributed by atoms with Crippen LogP contribution in [0.2, 0.25) is 5.02 Å². The lowest BCUT2D eigenvalue weighted by Gasteiger charge is -2.36. The van der Waals surface area contributed by atoms with Crippen LogP contribution in [0.15, 0.2) is 48.7 Å². The largest absolute Gasteiger partial charge is 0.398 e. The summed E-state index contributed by atoms with van der Waals surface area (Å²) in [6.45, 7) is 10.8. The third-order valence-corrected chi connectivity index (χ3v) is 6.51. The number of allylic oxidation sites excluding steroid dienone is 1. The van der Waals surface area contributed by atoms with Gasteiger partial charge in [0.2, 0.25) is 0 Å². The van der Waals surface area contributed by atoms with E-state index in [2.05, 4.69) is 33.9 Å². The SMILES string of the molecule is CC(C)N1CCN(CCNc2cnc3ccc(C(C=N)=C(N)c4cccc(Cl)c4)nc3c2)CC1. The van der Waals surface area contributed by atoms with E-state index < -0.39 is 0 Å². The lowest BCUT2D eigenvalue weighted by molar-refractivity contribution is 0.111. The average Bonchev–Trinajstić information content (AvgIpc) is 2.84. The summed E-state index contributed by atoms with van der Waals surface area (Å²) in [5.74, 6) is 0. The summed E-state index contributed by atoms with van der Waals surface area (Å²) in [6, 6.07) is 13.7. The van der Waals surface area contributed by atoms with Gasteiger partial charge in [-0.2, -0.15) is 0 Å². The van der Waals surface area contributed by atoms with Crippen LogP contribution in [0.4, 0.5) is 5.69 Å². The molecule has 1 saturated heterocycles. The summed E-state index contributed by atoms with van der Waals surface area (Å²) in [4.78, 5) is 14.3. The highest BCUT2D eigenvalue weighted by Crippen LogP contribution is 2.24. The minimum atomic E-state index is 0.462. The number of fused-ring (bicyclic) bond motifs is 1. The maximum absolute atomic E-state index is 7.93. The maximum atomic E-state index is 7.93. The van der Waals surface area contributed by atoms with Crippen molar-refractivity contribution in [2.75, 3.05) is 44.6 Å². The van der Waals surface area contributed by atoms with Crippen molar-refractivity contribution >= 4 is 45.8 Å². The molecule has 1 aliphatic rings. The number of nitrogens with one attached hydrogen (secondary N) is 2. The van der Waals surface area contributed by atoms with Crippen molar-refractivity contribution in [2.45, 2.75) is 19.9 Å². The predicted molar refractivity (Wildman–Crippen MR) is 142 cm³/mol. The first-order chi connectivity index (χ1) is 16.4. The van der Waals surface area contributed by atoms with E-state index in [1.807, 2.05) is 36.5 Å². The van der Waals surface area contributed by atoms with E-state index in [0.717, 1.165) is 61.6 Å². The topological polar surface area (TPSA) is 94.2 Å². The van der Waals surface area contributed by atoms with Crippen LogP contribution in [0, 0.1) is 5.41 Å². The number of anilines is 1. The Balaban J connectivity index is 1.46. The van der Waals surface area contributed by atoms with E-state index in [-0.39, 0.29) is 0 Å². The fourth-order valence-electron chi connectivity index (χ4n) is 4.22. The standard InChI is InChI=1S/C26H32ClN7/c1-18(2)34-12-10-33(11-13-34)9-8-30-21-15-25-24(31-17-21)7-6-23(32-25)22(16-28)26(29)19-4-3-5-20(27)14-19/h3-7,14-18,28,30H,8-13,29H2,1-2H3. The van der Waals surface area contributed by atoms with Crippen LogP contribution in [0.5, 0.6) is 0 Å². The van der Waals surface area contributed by atoms with Gasteiger partial charge in [-0.25, -0.2) is 4.98 Å². The molecule has 3 aromatic rings. The van der Waals surface area contributed by atoms with Crippen molar-refractivity contribution in [3.63, 3.8) is 0 Å². The maximum Gasteiger partial charge on any atom is 0.0914 e. The Hall–Kier alpha value is -3.00. The molecule has 0 spiro atoms. The van der Waals surface area contributed by atoms with Crippen LogP contribution in [0.3, 0.4) is 0 Å². The van der Waals surface area contributed by atoms with Gasteiger partial charge in [0.1, 0.15) is 0 Å². The molecule has 0 atom stereocenters. The molecule has 3 heterocycles. The minimum Gasteiger partial charge on any atom is -0.398 e. The van der Waals surface area contributed by atoms with Crippen molar-refractivity contribution < 1.29 is 0 Å². The number of halogens is 1. The Morgan fingerprint density at radius 2 is 1.94 bits per heavy atom. The molecule has 178 valence electrons. The fraction of sp³-hybridized carbons (Fsp3) is 0.346. The number of benzene rings is 1. The van der Waals surface area contributed by atoms with Gasteiger partial charge < -0.3 is 16.5 Å². The van der Waals surface area contributed by atoms with Crippen LogP contribution >= 0.6 is 11.6 Å². The first kappa shape index (κ1) is 24.1. The van der Waals surface area contributed by atoms with Gasteiger partial charge in [-0.15, -0.1) is 0 Å². The molecule has 1 aromatic carbocycles. The van der Waals surface area contributed by atoms with Gasteiger partial charge in [-0.1, -0.05) is 23.7 Å². The Kier molecular flexibility index (Phi) is 7.77. The molecule has 2 aromatic heterocycles. The molecule has 1 fully saturated rings. The molecule has 0 unspecified atom stereocenters. The molecule has 0 radical (unpaired) electrons. The zero-order valence-electron chi connectivity index (χ0n) is 19.8. The molecule has 0 amide bonds. The average molecular weight is 478 g/mol. The number of nitrogens with two attached hydrogens (primary N) is 1. The van der Waals surface area contributed by atoms with E-state index >= 15 is 0 Å². The van der Waals surface area contributed by atoms with E-state index in [0.29, 0.717) is 28.0 Å². The number of pyridine rings is 2. The highest BCUT2D eigenvalue weighted by Gasteiger charge is 2.18. The number of rotatable bonds is 8. The van der Waals surface area contributed by atoms with E-state index in [9.17, 15) is 0 Å². The molecule has 1 aliphatic heterocycles. The molecule has 34 heavy (non-hydrogen) atoms. The quantitative estimate of drug-likeness (QED) is 0.421. The molecule has 0 saturated carbocycles. The molecule has 4 N–H and O–H groups in total. The third kappa shape index (κ3) is 5.73. The third-order valence-electron chi connectivity index (χ3n) is 6.28. The van der Waals surface area contributed by atoms with Crippen LogP contribution in [-0.2, 0) is 0 Å². The zero-order chi connectivity index (χ0) is 24.1. The Labute approximate surface area is 206 Å². The summed E-state index contributed by atoms with van der Waals surface area (Å²) < 4.78 is 0.